The molecule has 0 aliphatic heterocycles. The molecule has 2 heterocycles. The van der Waals surface area contributed by atoms with Crippen molar-refractivity contribution >= 4 is 34.7 Å². The molecule has 0 aliphatic rings. The van der Waals surface area contributed by atoms with E-state index in [9.17, 15) is 22.4 Å². The van der Waals surface area contributed by atoms with Crippen molar-refractivity contribution in [2.75, 3.05) is 16.2 Å². The number of nitrogens with zero attached hydrogens (tertiary/aromatic N) is 4. The van der Waals surface area contributed by atoms with Gasteiger partial charge in [0.25, 0.3) is 5.56 Å². The van der Waals surface area contributed by atoms with Crippen molar-refractivity contribution in [2.24, 2.45) is 0 Å². The summed E-state index contributed by atoms with van der Waals surface area (Å²) in [6, 6.07) is 1.58. The van der Waals surface area contributed by atoms with Crippen LogP contribution in [0.5, 0.6) is 0 Å². The molecule has 0 spiro atoms. The maximum Gasteiger partial charge on any atom is 0.278 e. The highest BCUT2D eigenvalue weighted by Crippen LogP contribution is 2.29. The van der Waals surface area contributed by atoms with E-state index in [1.807, 2.05) is 0 Å². The summed E-state index contributed by atoms with van der Waals surface area (Å²) in [5.74, 6) is -4.95. The second kappa shape index (κ2) is 8.69. The van der Waals surface area contributed by atoms with Crippen LogP contribution in [0.1, 0.15) is 33.2 Å². The third kappa shape index (κ3) is 5.06. The number of alkyl halides is 2. The van der Waals surface area contributed by atoms with Crippen molar-refractivity contribution < 1.29 is 17.6 Å². The van der Waals surface area contributed by atoms with Crippen molar-refractivity contribution in [2.45, 2.75) is 39.2 Å². The molecule has 0 aliphatic carbocycles. The highest BCUT2D eigenvalue weighted by molar-refractivity contribution is 8.00. The Morgan fingerprint density at radius 3 is 2.45 bits per heavy atom. The second-order valence-electron chi connectivity index (χ2n) is 7.25. The normalized spacial score (nSPS) is 12.0. The molecule has 2 aromatic heterocycles. The zero-order valence-corrected chi connectivity index (χ0v) is 17.7. The summed E-state index contributed by atoms with van der Waals surface area (Å²) >= 11 is 0.756. The minimum atomic E-state index is -2.87. The number of fused-ring (bicyclic) bond motifs is 1. The summed E-state index contributed by atoms with van der Waals surface area (Å²) in [6.45, 7) is 4.26. The summed E-state index contributed by atoms with van der Waals surface area (Å²) in [5, 5.41) is 0. The van der Waals surface area contributed by atoms with Crippen LogP contribution in [0.2, 0.25) is 0 Å². The first-order valence-electron chi connectivity index (χ1n) is 9.27. The molecule has 0 unspecified atom stereocenters. The summed E-state index contributed by atoms with van der Waals surface area (Å²) in [4.78, 5) is 25.1. The molecular formula is C19H20F4N6OS. The molecule has 166 valence electrons. The van der Waals surface area contributed by atoms with Gasteiger partial charge in [-0.05, 0) is 32.9 Å². The van der Waals surface area contributed by atoms with Gasteiger partial charge in [0.1, 0.15) is 16.9 Å². The van der Waals surface area contributed by atoms with Crippen LogP contribution in [0.3, 0.4) is 0 Å². The third-order valence-electron chi connectivity index (χ3n) is 4.30. The van der Waals surface area contributed by atoms with Crippen LogP contribution in [-0.4, -0.2) is 31.2 Å². The monoisotopic (exact) mass is 456 g/mol. The third-order valence-corrected chi connectivity index (χ3v) is 5.06. The van der Waals surface area contributed by atoms with Gasteiger partial charge in [-0.2, -0.15) is 4.98 Å². The van der Waals surface area contributed by atoms with E-state index in [-0.39, 0.29) is 40.2 Å². The molecule has 0 bridgehead atoms. The number of nitrogen functional groups attached to an aromatic ring is 1. The molecule has 0 radical (unpaired) electrons. The van der Waals surface area contributed by atoms with E-state index in [2.05, 4.69) is 19.7 Å². The van der Waals surface area contributed by atoms with Gasteiger partial charge in [0.05, 0.1) is 6.20 Å². The summed E-state index contributed by atoms with van der Waals surface area (Å²) in [7, 11) is 0. The Hall–Kier alpha value is -2.89. The van der Waals surface area contributed by atoms with Gasteiger partial charge in [0.15, 0.2) is 17.3 Å². The predicted octanol–water partition coefficient (Wildman–Crippen LogP) is 4.40. The van der Waals surface area contributed by atoms with Crippen LogP contribution in [0, 0.1) is 11.6 Å². The number of nitrogens with one attached hydrogen (secondary N) is 1. The van der Waals surface area contributed by atoms with E-state index in [1.165, 1.54) is 10.8 Å². The fourth-order valence-electron chi connectivity index (χ4n) is 2.84. The zero-order chi connectivity index (χ0) is 22.9. The number of aromatic nitrogens is 4. The standard InChI is InChI=1S/C19H20F4N6OS/c1-9(2)29-16-13(8-25-18(24)27-16)26-14(17(29)30)10-6-11(20)15(12(21)7-10)28-31-5-4-19(3,22)23/h6-9,28H,4-5H2,1-3H3,(H2,24,25,27). The van der Waals surface area contributed by atoms with E-state index in [1.54, 1.807) is 13.8 Å². The zero-order valence-electron chi connectivity index (χ0n) is 16.9. The molecule has 0 saturated carbocycles. The molecular weight excluding hydrogens is 436 g/mol. The number of rotatable bonds is 7. The predicted molar refractivity (Wildman–Crippen MR) is 113 cm³/mol. The smallest absolute Gasteiger partial charge is 0.278 e. The van der Waals surface area contributed by atoms with Gasteiger partial charge in [-0.3, -0.25) is 9.36 Å². The quantitative estimate of drug-likeness (QED) is 0.309. The molecule has 0 saturated heterocycles. The maximum absolute atomic E-state index is 14.6. The molecule has 0 atom stereocenters. The van der Waals surface area contributed by atoms with E-state index in [4.69, 9.17) is 5.73 Å². The van der Waals surface area contributed by atoms with Crippen LogP contribution >= 0.6 is 11.9 Å². The average Bonchev–Trinajstić information content (AvgIpc) is 2.65. The lowest BCUT2D eigenvalue weighted by Crippen LogP contribution is -2.26. The van der Waals surface area contributed by atoms with Gasteiger partial charge < -0.3 is 10.5 Å². The number of nitrogens with two attached hydrogens (primary N) is 1. The lowest BCUT2D eigenvalue weighted by Gasteiger charge is -2.15. The van der Waals surface area contributed by atoms with Gasteiger partial charge in [-0.1, -0.05) is 11.9 Å². The van der Waals surface area contributed by atoms with Crippen molar-refractivity contribution in [3.8, 4) is 11.3 Å². The number of anilines is 2. The molecule has 3 aromatic rings. The van der Waals surface area contributed by atoms with Crippen molar-refractivity contribution in [1.29, 1.82) is 0 Å². The SMILES string of the molecule is CC(C)n1c(=O)c(-c2cc(F)c(NSCCC(C)(F)F)c(F)c2)nc2cnc(N)nc21. The topological polar surface area (TPSA) is 98.7 Å². The molecule has 3 rings (SSSR count). The van der Waals surface area contributed by atoms with Gasteiger partial charge in [-0.25, -0.2) is 27.5 Å². The summed E-state index contributed by atoms with van der Waals surface area (Å²) in [5.41, 5.74) is 4.70. The number of hydrogen-bond acceptors (Lipinski definition) is 7. The molecule has 7 nitrogen and oxygen atoms in total. The molecule has 1 aromatic carbocycles. The van der Waals surface area contributed by atoms with Crippen LogP contribution in [0.15, 0.2) is 23.1 Å². The molecule has 0 amide bonds. The maximum atomic E-state index is 14.6. The number of hydrogen-bond donors (Lipinski definition) is 2. The Morgan fingerprint density at radius 2 is 1.87 bits per heavy atom. The van der Waals surface area contributed by atoms with Crippen LogP contribution in [0.25, 0.3) is 22.4 Å². The van der Waals surface area contributed by atoms with Gasteiger partial charge in [0, 0.05) is 23.8 Å². The van der Waals surface area contributed by atoms with Crippen LogP contribution in [0.4, 0.5) is 29.2 Å². The van der Waals surface area contributed by atoms with E-state index < -0.39 is 35.2 Å². The van der Waals surface area contributed by atoms with E-state index in [0.717, 1.165) is 31.0 Å². The van der Waals surface area contributed by atoms with Gasteiger partial charge in [-0.15, -0.1) is 0 Å². The Bertz CT molecular complexity index is 1160. The summed E-state index contributed by atoms with van der Waals surface area (Å²) < 4.78 is 58.6. The molecule has 3 N–H and O–H groups in total. The molecule has 31 heavy (non-hydrogen) atoms. The number of halogens is 4. The van der Waals surface area contributed by atoms with E-state index >= 15 is 0 Å². The fourth-order valence-corrected chi connectivity index (χ4v) is 3.74. The largest absolute Gasteiger partial charge is 0.368 e. The average molecular weight is 456 g/mol. The van der Waals surface area contributed by atoms with Gasteiger partial charge >= 0.3 is 0 Å². The van der Waals surface area contributed by atoms with Crippen molar-refractivity contribution in [3.05, 3.63) is 40.3 Å². The lowest BCUT2D eigenvalue weighted by molar-refractivity contribution is 0.0194. The summed E-state index contributed by atoms with van der Waals surface area (Å²) in [6.07, 6.45) is 0.872. The Kier molecular flexibility index (Phi) is 6.39. The highest BCUT2D eigenvalue weighted by atomic mass is 32.2. The number of benzene rings is 1. The first-order chi connectivity index (χ1) is 14.5. The van der Waals surface area contributed by atoms with Crippen molar-refractivity contribution in [3.63, 3.8) is 0 Å². The van der Waals surface area contributed by atoms with Crippen LogP contribution < -0.4 is 16.0 Å². The molecule has 12 heteroatoms. The highest BCUT2D eigenvalue weighted by Gasteiger charge is 2.22. The lowest BCUT2D eigenvalue weighted by atomic mass is 10.1. The Labute approximate surface area is 179 Å². The molecule has 0 fully saturated rings. The Balaban J connectivity index is 2.01. The first-order valence-corrected chi connectivity index (χ1v) is 10.3. The minimum absolute atomic E-state index is 0.0401. The van der Waals surface area contributed by atoms with Crippen molar-refractivity contribution in [1.82, 2.24) is 19.5 Å². The Morgan fingerprint density at radius 1 is 1.23 bits per heavy atom. The van der Waals surface area contributed by atoms with Crippen LogP contribution in [-0.2, 0) is 0 Å². The fraction of sp³-hybridized carbons (Fsp3) is 0.368. The second-order valence-corrected chi connectivity index (χ2v) is 8.15. The minimum Gasteiger partial charge on any atom is -0.368 e. The van der Waals surface area contributed by atoms with E-state index in [0.29, 0.717) is 0 Å². The van der Waals surface area contributed by atoms with Gasteiger partial charge in [0.2, 0.25) is 11.9 Å². The first kappa shape index (κ1) is 22.8.